The molecule has 7 nitrogen and oxygen atoms in total. The summed E-state index contributed by atoms with van der Waals surface area (Å²) in [6.45, 7) is 1.31. The molecule has 1 aromatic carbocycles. The van der Waals surface area contributed by atoms with Gasteiger partial charge in [0.25, 0.3) is 0 Å². The van der Waals surface area contributed by atoms with Crippen LogP contribution >= 0.6 is 0 Å². The van der Waals surface area contributed by atoms with Crippen LogP contribution < -0.4 is 14.8 Å². The molecule has 1 aromatic heterocycles. The van der Waals surface area contributed by atoms with Crippen molar-refractivity contribution < 1.29 is 19.1 Å². The Morgan fingerprint density at radius 1 is 1.25 bits per heavy atom. The Kier molecular flexibility index (Phi) is 4.78. The first-order chi connectivity index (χ1) is 9.74. The third kappa shape index (κ3) is 3.39. The number of aromatic hydroxyl groups is 1. The summed E-state index contributed by atoms with van der Waals surface area (Å²) < 4.78 is 15.1. The van der Waals surface area contributed by atoms with Crippen LogP contribution in [0.15, 0.2) is 23.0 Å². The molecule has 7 heteroatoms. The topological polar surface area (TPSA) is 89.6 Å². The van der Waals surface area contributed by atoms with Crippen LogP contribution in [0.3, 0.4) is 0 Å². The van der Waals surface area contributed by atoms with Gasteiger partial charge in [0.05, 0.1) is 14.2 Å². The number of ether oxygens (including phenoxy) is 2. The normalized spacial score (nSPS) is 10.5. The van der Waals surface area contributed by atoms with Gasteiger partial charge in [-0.25, -0.2) is 0 Å². The van der Waals surface area contributed by atoms with Crippen molar-refractivity contribution in [3.8, 4) is 17.2 Å². The number of nitrogens with zero attached hydrogens (tertiary/aromatic N) is 2. The molecule has 0 radical (unpaired) electrons. The molecule has 1 heterocycles. The zero-order valence-electron chi connectivity index (χ0n) is 11.4. The minimum atomic E-state index is 0.00427. The van der Waals surface area contributed by atoms with E-state index in [0.29, 0.717) is 36.9 Å². The van der Waals surface area contributed by atoms with Gasteiger partial charge in [-0.05, 0) is 17.7 Å². The molecule has 0 saturated heterocycles. The number of rotatable bonds is 7. The number of benzene rings is 1. The van der Waals surface area contributed by atoms with E-state index < -0.39 is 0 Å². The molecule has 0 saturated carbocycles. The Morgan fingerprint density at radius 2 is 1.95 bits per heavy atom. The molecule has 0 fully saturated rings. The summed E-state index contributed by atoms with van der Waals surface area (Å²) in [6, 6.07) is 3.52. The lowest BCUT2D eigenvalue weighted by atomic mass is 10.2. The third-order valence-corrected chi connectivity index (χ3v) is 2.79. The average Bonchev–Trinajstić information content (AvgIpc) is 2.98. The Bertz CT molecular complexity index is 518. The minimum Gasteiger partial charge on any atom is -0.502 e. The lowest BCUT2D eigenvalue weighted by Gasteiger charge is -2.11. The fraction of sp³-hybridized carbons (Fsp3) is 0.385. The van der Waals surface area contributed by atoms with Crippen LogP contribution in [0.1, 0.15) is 11.5 Å². The first kappa shape index (κ1) is 14.1. The van der Waals surface area contributed by atoms with E-state index in [1.165, 1.54) is 20.5 Å². The molecule has 20 heavy (non-hydrogen) atoms. The molecule has 2 aromatic rings. The number of hydrogen-bond donors (Lipinski definition) is 2. The number of phenolic OH excluding ortho intramolecular Hbond substituents is 1. The summed E-state index contributed by atoms with van der Waals surface area (Å²) in [6.07, 6.45) is 2.04. The smallest absolute Gasteiger partial charge is 0.227 e. The van der Waals surface area contributed by atoms with Crippen LogP contribution in [0.2, 0.25) is 0 Å². The number of hydrogen-bond acceptors (Lipinski definition) is 7. The Labute approximate surface area is 116 Å². The van der Waals surface area contributed by atoms with E-state index in [-0.39, 0.29) is 5.75 Å². The van der Waals surface area contributed by atoms with E-state index >= 15 is 0 Å². The summed E-state index contributed by atoms with van der Waals surface area (Å²) in [5.74, 6) is 1.37. The molecule has 0 atom stereocenters. The highest BCUT2D eigenvalue weighted by atomic mass is 16.5. The van der Waals surface area contributed by atoms with Gasteiger partial charge in [-0.1, -0.05) is 5.16 Å². The van der Waals surface area contributed by atoms with Gasteiger partial charge >= 0.3 is 0 Å². The van der Waals surface area contributed by atoms with Crippen LogP contribution in [0.5, 0.6) is 17.2 Å². The molecule has 108 valence electrons. The van der Waals surface area contributed by atoms with Gasteiger partial charge in [-0.2, -0.15) is 4.98 Å². The van der Waals surface area contributed by atoms with Gasteiger partial charge in [0.2, 0.25) is 11.6 Å². The quantitative estimate of drug-likeness (QED) is 0.734. The molecule has 2 N–H and O–H groups in total. The van der Waals surface area contributed by atoms with E-state index in [9.17, 15) is 5.11 Å². The summed E-state index contributed by atoms with van der Waals surface area (Å²) in [7, 11) is 3.00. The second-order valence-electron chi connectivity index (χ2n) is 4.11. The predicted octanol–water partition coefficient (Wildman–Crippen LogP) is 1.12. The van der Waals surface area contributed by atoms with Crippen LogP contribution in [0.25, 0.3) is 0 Å². The van der Waals surface area contributed by atoms with E-state index in [1.807, 2.05) is 0 Å². The van der Waals surface area contributed by atoms with Crippen LogP contribution in [0.4, 0.5) is 0 Å². The van der Waals surface area contributed by atoms with E-state index in [1.54, 1.807) is 12.1 Å². The second-order valence-corrected chi connectivity index (χ2v) is 4.11. The maximum Gasteiger partial charge on any atom is 0.227 e. The van der Waals surface area contributed by atoms with Gasteiger partial charge in [0.1, 0.15) is 0 Å². The van der Waals surface area contributed by atoms with Crippen LogP contribution in [0, 0.1) is 0 Å². The fourth-order valence-corrected chi connectivity index (χ4v) is 1.78. The molecule has 0 aliphatic rings. The molecule has 0 amide bonds. The number of methoxy groups -OCH3 is 2. The number of aromatic nitrogens is 2. The molecule has 2 rings (SSSR count). The Hall–Kier alpha value is -2.28. The molecule has 0 spiro atoms. The van der Waals surface area contributed by atoms with Gasteiger partial charge in [-0.3, -0.25) is 0 Å². The largest absolute Gasteiger partial charge is 0.502 e. The zero-order valence-corrected chi connectivity index (χ0v) is 11.4. The SMILES string of the molecule is COc1cc(CNCCc2ncno2)cc(OC)c1O. The van der Waals surface area contributed by atoms with Crippen molar-refractivity contribution in [2.75, 3.05) is 20.8 Å². The van der Waals surface area contributed by atoms with Crippen molar-refractivity contribution in [1.29, 1.82) is 0 Å². The number of nitrogens with one attached hydrogen (secondary N) is 1. The molecular formula is C13H17N3O4. The second kappa shape index (κ2) is 6.76. The average molecular weight is 279 g/mol. The summed E-state index contributed by atoms with van der Waals surface area (Å²) in [5, 5.41) is 16.6. The molecular weight excluding hydrogens is 262 g/mol. The highest BCUT2D eigenvalue weighted by Crippen LogP contribution is 2.36. The van der Waals surface area contributed by atoms with Crippen LogP contribution in [-0.2, 0) is 13.0 Å². The van der Waals surface area contributed by atoms with Gasteiger partial charge < -0.3 is 24.4 Å². The maximum absolute atomic E-state index is 9.81. The highest BCUT2D eigenvalue weighted by Gasteiger charge is 2.10. The lowest BCUT2D eigenvalue weighted by molar-refractivity contribution is 0.339. The maximum atomic E-state index is 9.81. The third-order valence-electron chi connectivity index (χ3n) is 2.79. The van der Waals surface area contributed by atoms with Gasteiger partial charge in [0, 0.05) is 19.5 Å². The van der Waals surface area contributed by atoms with Gasteiger partial charge in [0.15, 0.2) is 17.8 Å². The van der Waals surface area contributed by atoms with Crippen molar-refractivity contribution in [2.45, 2.75) is 13.0 Å². The summed E-state index contributed by atoms with van der Waals surface area (Å²) >= 11 is 0. The van der Waals surface area contributed by atoms with E-state index in [2.05, 4.69) is 15.5 Å². The first-order valence-corrected chi connectivity index (χ1v) is 6.14. The highest BCUT2D eigenvalue weighted by molar-refractivity contribution is 5.52. The monoisotopic (exact) mass is 279 g/mol. The summed E-state index contributed by atoms with van der Waals surface area (Å²) in [4.78, 5) is 3.94. The Balaban J connectivity index is 1.92. The van der Waals surface area contributed by atoms with Crippen molar-refractivity contribution in [3.63, 3.8) is 0 Å². The van der Waals surface area contributed by atoms with Crippen molar-refractivity contribution >= 4 is 0 Å². The predicted molar refractivity (Wildman–Crippen MR) is 70.9 cm³/mol. The van der Waals surface area contributed by atoms with Crippen molar-refractivity contribution in [2.24, 2.45) is 0 Å². The Morgan fingerprint density at radius 3 is 2.50 bits per heavy atom. The lowest BCUT2D eigenvalue weighted by Crippen LogP contribution is -2.16. The van der Waals surface area contributed by atoms with Crippen molar-refractivity contribution in [1.82, 2.24) is 15.5 Å². The zero-order chi connectivity index (χ0) is 14.4. The minimum absolute atomic E-state index is 0.00427. The molecule has 0 bridgehead atoms. The van der Waals surface area contributed by atoms with E-state index in [0.717, 1.165) is 5.56 Å². The fourth-order valence-electron chi connectivity index (χ4n) is 1.78. The molecule has 0 unspecified atom stereocenters. The first-order valence-electron chi connectivity index (χ1n) is 6.14. The van der Waals surface area contributed by atoms with E-state index in [4.69, 9.17) is 14.0 Å². The van der Waals surface area contributed by atoms with Crippen LogP contribution in [-0.4, -0.2) is 36.0 Å². The standard InChI is InChI=1S/C13H17N3O4/c1-18-10-5-9(6-11(19-2)13(10)17)7-14-4-3-12-15-8-16-20-12/h5-6,8,14,17H,3-4,7H2,1-2H3. The molecule has 0 aliphatic heterocycles. The van der Waals surface area contributed by atoms with Gasteiger partial charge in [-0.15, -0.1) is 0 Å². The molecule has 0 aliphatic carbocycles. The number of phenols is 1. The summed E-state index contributed by atoms with van der Waals surface area (Å²) in [5.41, 5.74) is 0.946. The van der Waals surface area contributed by atoms with Crippen molar-refractivity contribution in [3.05, 3.63) is 29.9 Å².